The zero-order valence-electron chi connectivity index (χ0n) is 10.3. The first-order chi connectivity index (χ1) is 6.78. The van der Waals surface area contributed by atoms with Crippen LogP contribution in [-0.2, 0) is 9.53 Å². The van der Waals surface area contributed by atoms with E-state index in [1.165, 1.54) is 0 Å². The molecule has 0 atom stereocenters. The molecule has 0 fully saturated rings. The second kappa shape index (κ2) is 6.48. The molecular formula is C11H22BrNO2. The van der Waals surface area contributed by atoms with E-state index in [9.17, 15) is 4.79 Å². The van der Waals surface area contributed by atoms with Crippen molar-refractivity contribution in [2.45, 2.75) is 46.3 Å². The number of ether oxygens (including phenoxy) is 1. The second-order valence-electron chi connectivity index (χ2n) is 4.77. The fraction of sp³-hybridized carbons (Fsp3) is 0.909. The van der Waals surface area contributed by atoms with Gasteiger partial charge in [-0.3, -0.25) is 4.79 Å². The zero-order chi connectivity index (χ0) is 12.1. The number of hydrogen-bond donors (Lipinski definition) is 0. The summed E-state index contributed by atoms with van der Waals surface area (Å²) < 4.78 is 5.46. The molecule has 15 heavy (non-hydrogen) atoms. The lowest BCUT2D eigenvalue weighted by Gasteiger charge is -2.28. The minimum absolute atomic E-state index is 0.0550. The van der Waals surface area contributed by atoms with E-state index in [2.05, 4.69) is 15.9 Å². The van der Waals surface area contributed by atoms with Crippen LogP contribution in [0.5, 0.6) is 0 Å². The Bertz CT molecular complexity index is 199. The largest absolute Gasteiger partial charge is 0.366 e. The molecule has 0 radical (unpaired) electrons. The Labute approximate surface area is 101 Å². The van der Waals surface area contributed by atoms with Crippen LogP contribution < -0.4 is 0 Å². The number of carbonyl (C=O) groups excluding carboxylic acids is 1. The Morgan fingerprint density at radius 3 is 2.27 bits per heavy atom. The molecule has 0 unspecified atom stereocenters. The molecule has 0 saturated carbocycles. The fourth-order valence-corrected chi connectivity index (χ4v) is 1.51. The smallest absolute Gasteiger partial charge is 0.248 e. The van der Waals surface area contributed by atoms with E-state index in [1.54, 1.807) is 0 Å². The predicted molar refractivity (Wildman–Crippen MR) is 66.3 cm³/mol. The number of alkyl halides is 1. The van der Waals surface area contributed by atoms with Gasteiger partial charge in [0.1, 0.15) is 6.61 Å². The molecule has 0 bridgehead atoms. The van der Waals surface area contributed by atoms with Crippen LogP contribution in [0, 0.1) is 0 Å². The van der Waals surface area contributed by atoms with Crippen molar-refractivity contribution >= 4 is 21.8 Å². The van der Waals surface area contributed by atoms with Crippen LogP contribution in [0.3, 0.4) is 0 Å². The van der Waals surface area contributed by atoms with Gasteiger partial charge in [0.2, 0.25) is 5.91 Å². The summed E-state index contributed by atoms with van der Waals surface area (Å²) in [6, 6.07) is 0.221. The Morgan fingerprint density at radius 1 is 1.40 bits per heavy atom. The van der Waals surface area contributed by atoms with Crippen molar-refractivity contribution in [3.63, 3.8) is 0 Å². The van der Waals surface area contributed by atoms with Crippen molar-refractivity contribution in [2.24, 2.45) is 0 Å². The summed E-state index contributed by atoms with van der Waals surface area (Å²) in [5, 5.41) is 0.798. The minimum atomic E-state index is -0.257. The second-order valence-corrected chi connectivity index (χ2v) is 5.56. The monoisotopic (exact) mass is 279 g/mol. The molecule has 3 nitrogen and oxygen atoms in total. The average Bonchev–Trinajstić information content (AvgIpc) is 2.08. The summed E-state index contributed by atoms with van der Waals surface area (Å²) in [7, 11) is 0. The number of carbonyl (C=O) groups is 1. The van der Waals surface area contributed by atoms with Crippen molar-refractivity contribution in [3.8, 4) is 0 Å². The lowest BCUT2D eigenvalue weighted by atomic mass is 10.2. The number of nitrogens with zero attached hydrogens (tertiary/aromatic N) is 1. The number of amides is 1. The molecule has 0 rings (SSSR count). The molecule has 0 aliphatic rings. The molecule has 0 aromatic heterocycles. The molecule has 4 heteroatoms. The van der Waals surface area contributed by atoms with E-state index in [0.29, 0.717) is 0 Å². The third-order valence-electron chi connectivity index (χ3n) is 1.90. The third-order valence-corrected chi connectivity index (χ3v) is 2.25. The summed E-state index contributed by atoms with van der Waals surface area (Å²) in [4.78, 5) is 13.6. The van der Waals surface area contributed by atoms with Gasteiger partial charge in [0.15, 0.2) is 0 Å². The van der Waals surface area contributed by atoms with Crippen molar-refractivity contribution < 1.29 is 9.53 Å². The Balaban J connectivity index is 4.15. The van der Waals surface area contributed by atoms with Gasteiger partial charge in [-0.2, -0.15) is 0 Å². The van der Waals surface area contributed by atoms with Crippen LogP contribution in [0.4, 0.5) is 0 Å². The van der Waals surface area contributed by atoms with Gasteiger partial charge in [0.05, 0.1) is 5.60 Å². The van der Waals surface area contributed by atoms with Gasteiger partial charge in [0.25, 0.3) is 0 Å². The number of halogens is 1. The highest BCUT2D eigenvalue weighted by molar-refractivity contribution is 9.09. The normalized spacial score (nSPS) is 11.9. The topological polar surface area (TPSA) is 29.5 Å². The molecular weight excluding hydrogens is 258 g/mol. The quantitative estimate of drug-likeness (QED) is 0.724. The molecule has 0 aromatic carbocycles. The number of hydrogen-bond acceptors (Lipinski definition) is 2. The summed E-state index contributed by atoms with van der Waals surface area (Å²) in [5.74, 6) is 0.0550. The molecule has 0 saturated heterocycles. The van der Waals surface area contributed by atoms with Crippen LogP contribution >= 0.6 is 15.9 Å². The van der Waals surface area contributed by atoms with E-state index in [1.807, 2.05) is 39.5 Å². The molecule has 1 amide bonds. The van der Waals surface area contributed by atoms with Crippen LogP contribution in [0.1, 0.15) is 34.6 Å². The minimum Gasteiger partial charge on any atom is -0.366 e. The van der Waals surface area contributed by atoms with Gasteiger partial charge in [-0.15, -0.1) is 0 Å². The zero-order valence-corrected chi connectivity index (χ0v) is 11.9. The lowest BCUT2D eigenvalue weighted by molar-refractivity contribution is -0.142. The van der Waals surface area contributed by atoms with E-state index in [4.69, 9.17) is 4.74 Å². The Kier molecular flexibility index (Phi) is 6.44. The first-order valence-electron chi connectivity index (χ1n) is 5.27. The van der Waals surface area contributed by atoms with Gasteiger partial charge in [0, 0.05) is 17.9 Å². The summed E-state index contributed by atoms with van der Waals surface area (Å²) in [5.41, 5.74) is -0.257. The van der Waals surface area contributed by atoms with Gasteiger partial charge in [-0.25, -0.2) is 0 Å². The maximum atomic E-state index is 11.8. The highest BCUT2D eigenvalue weighted by Gasteiger charge is 2.19. The average molecular weight is 280 g/mol. The van der Waals surface area contributed by atoms with E-state index < -0.39 is 0 Å². The maximum absolute atomic E-state index is 11.8. The van der Waals surface area contributed by atoms with Crippen molar-refractivity contribution in [1.29, 1.82) is 0 Å². The van der Waals surface area contributed by atoms with Crippen molar-refractivity contribution in [2.75, 3.05) is 18.5 Å². The first-order valence-corrected chi connectivity index (χ1v) is 6.39. The van der Waals surface area contributed by atoms with Crippen LogP contribution in [0.2, 0.25) is 0 Å². The fourth-order valence-electron chi connectivity index (χ4n) is 1.12. The van der Waals surface area contributed by atoms with Gasteiger partial charge in [-0.05, 0) is 34.6 Å². The molecule has 0 spiro atoms. The predicted octanol–water partition coefficient (Wildman–Crippen LogP) is 2.43. The van der Waals surface area contributed by atoms with Gasteiger partial charge in [-0.1, -0.05) is 15.9 Å². The van der Waals surface area contributed by atoms with Gasteiger partial charge < -0.3 is 9.64 Å². The van der Waals surface area contributed by atoms with E-state index in [-0.39, 0.29) is 24.2 Å². The summed E-state index contributed by atoms with van der Waals surface area (Å²) in [6.45, 7) is 10.8. The highest BCUT2D eigenvalue weighted by Crippen LogP contribution is 2.08. The van der Waals surface area contributed by atoms with E-state index in [0.717, 1.165) is 11.9 Å². The highest BCUT2D eigenvalue weighted by atomic mass is 79.9. The van der Waals surface area contributed by atoms with Crippen molar-refractivity contribution in [3.05, 3.63) is 0 Å². The number of rotatable bonds is 5. The summed E-state index contributed by atoms with van der Waals surface area (Å²) in [6.07, 6.45) is 0. The van der Waals surface area contributed by atoms with Crippen LogP contribution in [-0.4, -0.2) is 40.9 Å². The molecule has 0 heterocycles. The molecule has 90 valence electrons. The summed E-state index contributed by atoms with van der Waals surface area (Å²) >= 11 is 3.34. The van der Waals surface area contributed by atoms with Gasteiger partial charge >= 0.3 is 0 Å². The standard InChI is InChI=1S/C11H22BrNO2/c1-9(2)13(7-6-12)10(14)8-15-11(3,4)5/h9H,6-8H2,1-5H3. The Morgan fingerprint density at radius 2 is 1.93 bits per heavy atom. The van der Waals surface area contributed by atoms with E-state index >= 15 is 0 Å². The SMILES string of the molecule is CC(C)N(CCBr)C(=O)COC(C)(C)C. The molecule has 0 aliphatic carbocycles. The molecule has 0 aliphatic heterocycles. The van der Waals surface area contributed by atoms with Crippen LogP contribution in [0.25, 0.3) is 0 Å². The molecule has 0 N–H and O–H groups in total. The lowest BCUT2D eigenvalue weighted by Crippen LogP contribution is -2.41. The molecule has 0 aromatic rings. The van der Waals surface area contributed by atoms with Crippen LogP contribution in [0.15, 0.2) is 0 Å². The third kappa shape index (κ3) is 6.90. The first kappa shape index (κ1) is 14.9. The Hall–Kier alpha value is -0.0900. The maximum Gasteiger partial charge on any atom is 0.248 e. The van der Waals surface area contributed by atoms with Crippen molar-refractivity contribution in [1.82, 2.24) is 4.90 Å².